The maximum absolute atomic E-state index is 11.5. The molecule has 0 unspecified atom stereocenters. The maximum Gasteiger partial charge on any atom is 0.276 e. The fourth-order valence-electron chi connectivity index (χ4n) is 1.60. The van der Waals surface area contributed by atoms with E-state index in [0.29, 0.717) is 11.3 Å². The first kappa shape index (κ1) is 11.9. The van der Waals surface area contributed by atoms with Crippen molar-refractivity contribution in [2.75, 3.05) is 0 Å². The number of rotatable bonds is 1. The number of Topliss-reactive ketones (excluding diaryl/α,β-unsaturated/α-hetero) is 2. The lowest BCUT2D eigenvalue weighted by atomic mass is 10.0. The van der Waals surface area contributed by atoms with Crippen LogP contribution in [0.1, 0.15) is 11.3 Å². The second-order valence-corrected chi connectivity index (χ2v) is 3.80. The van der Waals surface area contributed by atoms with E-state index in [2.05, 4.69) is 4.98 Å². The van der Waals surface area contributed by atoms with Crippen molar-refractivity contribution in [3.05, 3.63) is 47.5 Å². The summed E-state index contributed by atoms with van der Waals surface area (Å²) in [5, 5.41) is 9.74. The predicted octanol–water partition coefficient (Wildman–Crippen LogP) is 0.936. The van der Waals surface area contributed by atoms with Gasteiger partial charge in [-0.1, -0.05) is 0 Å². The van der Waals surface area contributed by atoms with Crippen molar-refractivity contribution in [3.63, 3.8) is 0 Å². The van der Waals surface area contributed by atoms with Crippen LogP contribution < -0.4 is 0 Å². The van der Waals surface area contributed by atoms with Gasteiger partial charge in [0.2, 0.25) is 5.78 Å². The summed E-state index contributed by atoms with van der Waals surface area (Å²) in [4.78, 5) is 37.9. The third-order valence-corrected chi connectivity index (χ3v) is 2.51. The van der Waals surface area contributed by atoms with Crippen LogP contribution >= 0.6 is 0 Å². The molecular weight excluding hydrogens is 234 g/mol. The molecule has 0 atom stereocenters. The van der Waals surface area contributed by atoms with E-state index in [1.807, 2.05) is 0 Å². The fourth-order valence-corrected chi connectivity index (χ4v) is 1.60. The second kappa shape index (κ2) is 4.37. The van der Waals surface area contributed by atoms with E-state index in [-0.39, 0.29) is 5.57 Å². The Morgan fingerprint density at radius 1 is 1.11 bits per heavy atom. The van der Waals surface area contributed by atoms with Gasteiger partial charge < -0.3 is 5.11 Å². The molecule has 0 radical (unpaired) electrons. The highest BCUT2D eigenvalue weighted by Gasteiger charge is 2.29. The van der Waals surface area contributed by atoms with Crippen LogP contribution in [0.15, 0.2) is 36.2 Å². The summed E-state index contributed by atoms with van der Waals surface area (Å²) < 4.78 is 0. The van der Waals surface area contributed by atoms with Gasteiger partial charge in [-0.15, -0.1) is 0 Å². The molecular formula is C13H9NO4. The Hall–Kier alpha value is -2.56. The number of aromatic nitrogens is 1. The van der Waals surface area contributed by atoms with Crippen LogP contribution in [0.5, 0.6) is 0 Å². The lowest BCUT2D eigenvalue weighted by Crippen LogP contribution is -2.22. The van der Waals surface area contributed by atoms with Crippen LogP contribution in [-0.2, 0) is 14.4 Å². The van der Waals surface area contributed by atoms with E-state index in [0.717, 1.165) is 6.08 Å². The summed E-state index contributed by atoms with van der Waals surface area (Å²) in [6, 6.07) is 3.22. The molecule has 2 rings (SSSR count). The minimum Gasteiger partial charge on any atom is -0.504 e. The van der Waals surface area contributed by atoms with Gasteiger partial charge in [-0.25, -0.2) is 0 Å². The number of allylic oxidation sites excluding steroid dienone is 4. The Bertz CT molecular complexity index is 626. The average molecular weight is 243 g/mol. The fraction of sp³-hybridized carbons (Fsp3) is 0.0769. The summed E-state index contributed by atoms with van der Waals surface area (Å²) in [5.41, 5.74) is 1.35. The van der Waals surface area contributed by atoms with Crippen molar-refractivity contribution in [1.29, 1.82) is 0 Å². The Labute approximate surface area is 102 Å². The van der Waals surface area contributed by atoms with Gasteiger partial charge >= 0.3 is 0 Å². The number of pyridine rings is 1. The highest BCUT2D eigenvalue weighted by atomic mass is 16.3. The van der Waals surface area contributed by atoms with Crippen molar-refractivity contribution < 1.29 is 19.5 Å². The molecule has 5 heteroatoms. The summed E-state index contributed by atoms with van der Waals surface area (Å²) in [7, 11) is 0. The largest absolute Gasteiger partial charge is 0.504 e. The molecule has 0 aliphatic heterocycles. The molecule has 0 spiro atoms. The minimum absolute atomic E-state index is 0.143. The Balaban J connectivity index is 2.61. The average Bonchev–Trinajstić information content (AvgIpc) is 2.44. The maximum atomic E-state index is 11.5. The highest BCUT2D eigenvalue weighted by molar-refractivity contribution is 6.69. The smallest absolute Gasteiger partial charge is 0.276 e. The van der Waals surface area contributed by atoms with Crippen LogP contribution in [-0.4, -0.2) is 27.4 Å². The van der Waals surface area contributed by atoms with Gasteiger partial charge in [-0.05, 0) is 36.8 Å². The molecule has 0 saturated carbocycles. The summed E-state index contributed by atoms with van der Waals surface area (Å²) in [6.45, 7) is 1.75. The molecule has 1 heterocycles. The zero-order valence-corrected chi connectivity index (χ0v) is 9.51. The van der Waals surface area contributed by atoms with Gasteiger partial charge in [0, 0.05) is 17.5 Å². The van der Waals surface area contributed by atoms with E-state index in [9.17, 15) is 19.5 Å². The van der Waals surface area contributed by atoms with Crippen LogP contribution in [0.3, 0.4) is 0 Å². The number of carbonyl (C=O) groups excluding carboxylic acids is 3. The van der Waals surface area contributed by atoms with E-state index < -0.39 is 23.1 Å². The molecule has 1 aliphatic rings. The van der Waals surface area contributed by atoms with E-state index in [1.54, 1.807) is 19.1 Å². The number of aliphatic hydroxyl groups is 1. The first-order valence-electron chi connectivity index (χ1n) is 5.18. The first-order chi connectivity index (χ1) is 8.50. The van der Waals surface area contributed by atoms with Gasteiger partial charge in [0.15, 0.2) is 5.76 Å². The monoisotopic (exact) mass is 243 g/mol. The first-order valence-corrected chi connectivity index (χ1v) is 5.18. The number of ketones is 3. The number of carbonyl (C=O) groups is 3. The minimum atomic E-state index is -1.23. The molecule has 1 aliphatic carbocycles. The van der Waals surface area contributed by atoms with Gasteiger partial charge in [-0.3, -0.25) is 19.4 Å². The van der Waals surface area contributed by atoms with Crippen molar-refractivity contribution in [2.24, 2.45) is 0 Å². The standard InChI is InChI=1S/C13H9NO4/c1-7-6-8(4-5-14-7)9-2-3-10(15)12(17)13(18)11(9)16/h2-6,16H,1H3. The topological polar surface area (TPSA) is 84.3 Å². The number of aliphatic hydroxyl groups excluding tert-OH is 1. The van der Waals surface area contributed by atoms with Crippen LogP contribution in [0, 0.1) is 6.92 Å². The quantitative estimate of drug-likeness (QED) is 0.742. The van der Waals surface area contributed by atoms with Gasteiger partial charge in [0.05, 0.1) is 0 Å². The molecule has 5 nitrogen and oxygen atoms in total. The van der Waals surface area contributed by atoms with E-state index >= 15 is 0 Å². The van der Waals surface area contributed by atoms with Gasteiger partial charge in [0.25, 0.3) is 11.6 Å². The number of nitrogens with zero attached hydrogens (tertiary/aromatic N) is 1. The zero-order valence-electron chi connectivity index (χ0n) is 9.51. The summed E-state index contributed by atoms with van der Waals surface area (Å²) in [5.74, 6) is -4.07. The van der Waals surface area contributed by atoms with Crippen LogP contribution in [0.4, 0.5) is 0 Å². The summed E-state index contributed by atoms with van der Waals surface area (Å²) >= 11 is 0. The second-order valence-electron chi connectivity index (χ2n) is 3.80. The van der Waals surface area contributed by atoms with Crippen molar-refractivity contribution in [3.8, 4) is 0 Å². The molecule has 1 aromatic heterocycles. The molecule has 0 saturated heterocycles. The van der Waals surface area contributed by atoms with E-state index in [4.69, 9.17) is 0 Å². The van der Waals surface area contributed by atoms with Crippen molar-refractivity contribution in [1.82, 2.24) is 4.98 Å². The lowest BCUT2D eigenvalue weighted by Gasteiger charge is -2.04. The number of aryl methyl sites for hydroxylation is 1. The molecule has 0 amide bonds. The van der Waals surface area contributed by atoms with Crippen molar-refractivity contribution >= 4 is 22.9 Å². The van der Waals surface area contributed by atoms with Crippen LogP contribution in [0.25, 0.3) is 5.57 Å². The molecule has 18 heavy (non-hydrogen) atoms. The van der Waals surface area contributed by atoms with Crippen molar-refractivity contribution in [2.45, 2.75) is 6.92 Å². The number of hydrogen-bond acceptors (Lipinski definition) is 5. The van der Waals surface area contributed by atoms with Gasteiger partial charge in [-0.2, -0.15) is 0 Å². The molecule has 0 aromatic carbocycles. The third-order valence-electron chi connectivity index (χ3n) is 2.51. The van der Waals surface area contributed by atoms with E-state index in [1.165, 1.54) is 12.3 Å². The molecule has 0 bridgehead atoms. The predicted molar refractivity (Wildman–Crippen MR) is 62.7 cm³/mol. The SMILES string of the molecule is Cc1cc(C2=C(O)C(=O)C(=O)C(=O)C=C2)ccn1. The van der Waals surface area contributed by atoms with Gasteiger partial charge in [0.1, 0.15) is 0 Å². The molecule has 1 aromatic rings. The third kappa shape index (κ3) is 1.98. The Morgan fingerprint density at radius 3 is 2.50 bits per heavy atom. The normalized spacial score (nSPS) is 16.2. The lowest BCUT2D eigenvalue weighted by molar-refractivity contribution is -0.141. The molecule has 0 fully saturated rings. The molecule has 90 valence electrons. The Kier molecular flexibility index (Phi) is 2.89. The highest BCUT2D eigenvalue weighted by Crippen LogP contribution is 2.22. The van der Waals surface area contributed by atoms with Crippen LogP contribution in [0.2, 0.25) is 0 Å². The Morgan fingerprint density at radius 2 is 1.83 bits per heavy atom. The number of hydrogen-bond donors (Lipinski definition) is 1. The molecule has 1 N–H and O–H groups in total. The zero-order chi connectivity index (χ0) is 13.3. The summed E-state index contributed by atoms with van der Waals surface area (Å²) in [6.07, 6.45) is 3.75.